The van der Waals surface area contributed by atoms with Crippen LogP contribution in [0.1, 0.15) is 57.8 Å². The summed E-state index contributed by atoms with van der Waals surface area (Å²) in [6, 6.07) is -0.129. The zero-order chi connectivity index (χ0) is 14.4. The molecule has 0 bridgehead atoms. The van der Waals surface area contributed by atoms with Crippen molar-refractivity contribution in [3.05, 3.63) is 0 Å². The summed E-state index contributed by atoms with van der Waals surface area (Å²) >= 11 is 0. The van der Waals surface area contributed by atoms with Crippen molar-refractivity contribution in [3.63, 3.8) is 0 Å². The van der Waals surface area contributed by atoms with Gasteiger partial charge in [0.05, 0.1) is 5.92 Å². The van der Waals surface area contributed by atoms with Crippen molar-refractivity contribution >= 4 is 12.0 Å². The van der Waals surface area contributed by atoms with Gasteiger partial charge in [-0.25, -0.2) is 4.79 Å². The van der Waals surface area contributed by atoms with Crippen LogP contribution in [0.3, 0.4) is 0 Å². The van der Waals surface area contributed by atoms with E-state index >= 15 is 0 Å². The van der Waals surface area contributed by atoms with E-state index < -0.39 is 5.97 Å². The number of rotatable bonds is 5. The molecule has 0 aromatic carbocycles. The van der Waals surface area contributed by atoms with E-state index in [-0.39, 0.29) is 18.0 Å². The average Bonchev–Trinajstić information content (AvgIpc) is 2.92. The molecular weight excluding hydrogens is 256 g/mol. The first-order chi connectivity index (χ1) is 9.65. The van der Waals surface area contributed by atoms with Gasteiger partial charge in [-0.2, -0.15) is 0 Å². The molecule has 20 heavy (non-hydrogen) atoms. The van der Waals surface area contributed by atoms with Crippen LogP contribution in [0.4, 0.5) is 4.79 Å². The number of aliphatic carboxylic acids is 1. The molecule has 0 saturated heterocycles. The Morgan fingerprint density at radius 1 is 1.05 bits per heavy atom. The van der Waals surface area contributed by atoms with Gasteiger partial charge in [0.15, 0.2) is 0 Å². The first-order valence-corrected chi connectivity index (χ1v) is 7.92. The Morgan fingerprint density at radius 3 is 2.50 bits per heavy atom. The highest BCUT2D eigenvalue weighted by molar-refractivity contribution is 5.74. The summed E-state index contributed by atoms with van der Waals surface area (Å²) in [4.78, 5) is 22.8. The Labute approximate surface area is 120 Å². The Kier molecular flexibility index (Phi) is 5.68. The molecule has 114 valence electrons. The molecule has 2 atom stereocenters. The van der Waals surface area contributed by atoms with Gasteiger partial charge in [-0.1, -0.05) is 32.1 Å². The number of amides is 2. The second-order valence-corrected chi connectivity index (χ2v) is 6.24. The van der Waals surface area contributed by atoms with E-state index in [4.69, 9.17) is 5.11 Å². The fraction of sp³-hybridized carbons (Fsp3) is 0.867. The maximum Gasteiger partial charge on any atom is 0.315 e. The third-order valence-electron chi connectivity index (χ3n) is 4.67. The Hall–Kier alpha value is -1.26. The van der Waals surface area contributed by atoms with Gasteiger partial charge in [0.25, 0.3) is 0 Å². The third-order valence-corrected chi connectivity index (χ3v) is 4.67. The Bertz CT molecular complexity index is 340. The molecule has 0 spiro atoms. The van der Waals surface area contributed by atoms with Crippen LogP contribution in [0, 0.1) is 11.8 Å². The average molecular weight is 282 g/mol. The molecule has 3 N–H and O–H groups in total. The van der Waals surface area contributed by atoms with Gasteiger partial charge >= 0.3 is 12.0 Å². The number of carbonyl (C=O) groups excluding carboxylic acids is 1. The summed E-state index contributed by atoms with van der Waals surface area (Å²) in [6.07, 6.45) is 9.38. The second kappa shape index (κ2) is 7.50. The van der Waals surface area contributed by atoms with Crippen LogP contribution in [-0.2, 0) is 4.79 Å². The normalized spacial score (nSPS) is 27.2. The lowest BCUT2D eigenvalue weighted by Gasteiger charge is -2.27. The van der Waals surface area contributed by atoms with Gasteiger partial charge in [0, 0.05) is 12.6 Å². The van der Waals surface area contributed by atoms with Crippen LogP contribution < -0.4 is 10.6 Å². The maximum absolute atomic E-state index is 11.8. The zero-order valence-corrected chi connectivity index (χ0v) is 12.1. The predicted octanol–water partition coefficient (Wildman–Crippen LogP) is 2.51. The van der Waals surface area contributed by atoms with Crippen molar-refractivity contribution in [2.24, 2.45) is 11.8 Å². The lowest BCUT2D eigenvalue weighted by molar-refractivity contribution is -0.143. The van der Waals surface area contributed by atoms with Gasteiger partial charge < -0.3 is 15.7 Å². The van der Waals surface area contributed by atoms with Crippen LogP contribution in [0.2, 0.25) is 0 Å². The van der Waals surface area contributed by atoms with Crippen molar-refractivity contribution in [2.75, 3.05) is 6.54 Å². The molecule has 2 aliphatic carbocycles. The third kappa shape index (κ3) is 4.69. The van der Waals surface area contributed by atoms with Crippen LogP contribution in [0.5, 0.6) is 0 Å². The molecule has 2 aliphatic rings. The standard InChI is InChI=1S/C15H26N2O3/c18-14(19)12-6-3-7-13(10-12)17-15(20)16-9-8-11-4-1-2-5-11/h11-13H,1-10H2,(H,18,19)(H2,16,17,20). The predicted molar refractivity (Wildman–Crippen MR) is 76.5 cm³/mol. The van der Waals surface area contributed by atoms with Gasteiger partial charge in [-0.15, -0.1) is 0 Å². The highest BCUT2D eigenvalue weighted by Crippen LogP contribution is 2.27. The quantitative estimate of drug-likeness (QED) is 0.725. The van der Waals surface area contributed by atoms with Crippen LogP contribution in [0.15, 0.2) is 0 Å². The molecule has 0 aromatic heterocycles. The van der Waals surface area contributed by atoms with E-state index in [2.05, 4.69) is 10.6 Å². The zero-order valence-electron chi connectivity index (χ0n) is 12.1. The lowest BCUT2D eigenvalue weighted by Crippen LogP contribution is -2.45. The maximum atomic E-state index is 11.8. The summed E-state index contributed by atoms with van der Waals surface area (Å²) in [6.45, 7) is 0.728. The first kappa shape index (κ1) is 15.1. The summed E-state index contributed by atoms with van der Waals surface area (Å²) in [5.74, 6) is -0.257. The van der Waals surface area contributed by atoms with Crippen molar-refractivity contribution in [2.45, 2.75) is 63.8 Å². The lowest BCUT2D eigenvalue weighted by atomic mass is 9.86. The number of carboxylic acid groups (broad SMARTS) is 1. The molecule has 5 nitrogen and oxygen atoms in total. The number of hydrogen-bond donors (Lipinski definition) is 3. The van der Waals surface area contributed by atoms with Crippen molar-refractivity contribution in [1.29, 1.82) is 0 Å². The minimum atomic E-state index is -0.738. The van der Waals surface area contributed by atoms with E-state index in [0.29, 0.717) is 6.42 Å². The largest absolute Gasteiger partial charge is 0.481 e. The SMILES string of the molecule is O=C(NCCC1CCCC1)NC1CCCC(C(=O)O)C1. The van der Waals surface area contributed by atoms with Gasteiger partial charge in [-0.3, -0.25) is 4.79 Å². The van der Waals surface area contributed by atoms with Crippen LogP contribution in [0.25, 0.3) is 0 Å². The number of urea groups is 1. The molecule has 0 heterocycles. The van der Waals surface area contributed by atoms with E-state index in [9.17, 15) is 9.59 Å². The van der Waals surface area contributed by atoms with E-state index in [1.807, 2.05) is 0 Å². The molecule has 2 fully saturated rings. The summed E-state index contributed by atoms with van der Waals surface area (Å²) in [7, 11) is 0. The molecule has 0 aliphatic heterocycles. The molecule has 0 radical (unpaired) electrons. The molecule has 0 aromatic rings. The van der Waals surface area contributed by atoms with Gasteiger partial charge in [0.1, 0.15) is 0 Å². The van der Waals surface area contributed by atoms with E-state index in [0.717, 1.165) is 38.1 Å². The second-order valence-electron chi connectivity index (χ2n) is 6.24. The van der Waals surface area contributed by atoms with Crippen LogP contribution in [-0.4, -0.2) is 29.7 Å². The topological polar surface area (TPSA) is 78.4 Å². The van der Waals surface area contributed by atoms with E-state index in [1.54, 1.807) is 0 Å². The fourth-order valence-electron chi connectivity index (χ4n) is 3.47. The fourth-order valence-corrected chi connectivity index (χ4v) is 3.47. The number of carbonyl (C=O) groups is 2. The molecule has 2 rings (SSSR count). The number of nitrogens with one attached hydrogen (secondary N) is 2. The highest BCUT2D eigenvalue weighted by atomic mass is 16.4. The minimum absolute atomic E-state index is 0.0105. The monoisotopic (exact) mass is 282 g/mol. The highest BCUT2D eigenvalue weighted by Gasteiger charge is 2.27. The molecule has 5 heteroatoms. The van der Waals surface area contributed by atoms with E-state index in [1.165, 1.54) is 25.7 Å². The molecule has 2 saturated carbocycles. The summed E-state index contributed by atoms with van der Waals surface area (Å²) < 4.78 is 0. The van der Waals surface area contributed by atoms with Gasteiger partial charge in [0.2, 0.25) is 0 Å². The van der Waals surface area contributed by atoms with Gasteiger partial charge in [-0.05, 0) is 31.6 Å². The Balaban J connectivity index is 1.62. The van der Waals surface area contributed by atoms with Crippen molar-refractivity contribution in [3.8, 4) is 0 Å². The van der Waals surface area contributed by atoms with Crippen LogP contribution >= 0.6 is 0 Å². The summed E-state index contributed by atoms with van der Waals surface area (Å²) in [5.41, 5.74) is 0. The summed E-state index contributed by atoms with van der Waals surface area (Å²) in [5, 5.41) is 14.8. The first-order valence-electron chi connectivity index (χ1n) is 7.92. The smallest absolute Gasteiger partial charge is 0.315 e. The molecule has 2 unspecified atom stereocenters. The number of carboxylic acids is 1. The molecule has 2 amide bonds. The molecular formula is C15H26N2O3. The Morgan fingerprint density at radius 2 is 1.80 bits per heavy atom. The number of hydrogen-bond acceptors (Lipinski definition) is 2. The minimum Gasteiger partial charge on any atom is -0.481 e. The van der Waals surface area contributed by atoms with Crippen molar-refractivity contribution in [1.82, 2.24) is 10.6 Å². The van der Waals surface area contributed by atoms with Crippen molar-refractivity contribution < 1.29 is 14.7 Å².